The van der Waals surface area contributed by atoms with Crippen molar-refractivity contribution in [2.45, 2.75) is 0 Å². The Morgan fingerprint density at radius 2 is 2.47 bits per heavy atom. The number of nitrogens with zero attached hydrogens (tertiary/aromatic N) is 2. The third-order valence-electron chi connectivity index (χ3n) is 1.84. The second kappa shape index (κ2) is 5.11. The lowest BCUT2D eigenvalue weighted by atomic mass is 10.5. The highest BCUT2D eigenvalue weighted by atomic mass is 35.5. The summed E-state index contributed by atoms with van der Waals surface area (Å²) in [5.41, 5.74) is 0.668. The summed E-state index contributed by atoms with van der Waals surface area (Å²) >= 11 is 7.08. The van der Waals surface area contributed by atoms with Crippen LogP contribution in [-0.2, 0) is 0 Å². The minimum absolute atomic E-state index is 0.324. The van der Waals surface area contributed by atoms with Gasteiger partial charge in [-0.05, 0) is 6.07 Å². The topological polar surface area (TPSA) is 66.9 Å². The van der Waals surface area contributed by atoms with E-state index in [1.54, 1.807) is 18.3 Å². The third-order valence-corrected chi connectivity index (χ3v) is 2.94. The van der Waals surface area contributed by atoms with Gasteiger partial charge in [-0.25, -0.2) is 14.8 Å². The summed E-state index contributed by atoms with van der Waals surface area (Å²) in [6.45, 7) is 3.91. The number of fused-ring (bicyclic) bond motifs is 1. The van der Waals surface area contributed by atoms with Gasteiger partial charge in [0.25, 0.3) is 0 Å². The maximum Gasteiger partial charge on any atom is 0.321 e. The summed E-state index contributed by atoms with van der Waals surface area (Å²) in [6.07, 6.45) is 3.14. The molecule has 0 saturated heterocycles. The van der Waals surface area contributed by atoms with Crippen molar-refractivity contribution in [1.29, 1.82) is 0 Å². The Bertz CT molecular complexity index is 568. The van der Waals surface area contributed by atoms with E-state index in [-0.39, 0.29) is 6.03 Å². The summed E-state index contributed by atoms with van der Waals surface area (Å²) in [4.78, 5) is 20.4. The number of hydrogen-bond acceptors (Lipinski definition) is 4. The Labute approximate surface area is 107 Å². The van der Waals surface area contributed by atoms with Crippen LogP contribution in [0.5, 0.6) is 0 Å². The Morgan fingerprint density at radius 1 is 1.65 bits per heavy atom. The second-order valence-electron chi connectivity index (χ2n) is 3.12. The average Bonchev–Trinajstić information content (AvgIpc) is 2.67. The lowest BCUT2D eigenvalue weighted by molar-refractivity contribution is 0.253. The molecule has 0 atom stereocenters. The number of carbonyl (C=O) groups is 1. The lowest BCUT2D eigenvalue weighted by Crippen LogP contribution is -2.28. The highest BCUT2D eigenvalue weighted by Gasteiger charge is 2.07. The fourth-order valence-corrected chi connectivity index (χ4v) is 2.10. The molecular weight excluding hydrogens is 260 g/mol. The Balaban J connectivity index is 2.14. The Kier molecular flexibility index (Phi) is 3.55. The van der Waals surface area contributed by atoms with E-state index in [9.17, 15) is 4.79 Å². The fraction of sp³-hybridized carbons (Fsp3) is 0.100. The van der Waals surface area contributed by atoms with Gasteiger partial charge in [-0.1, -0.05) is 29.0 Å². The van der Waals surface area contributed by atoms with Gasteiger partial charge in [0.15, 0.2) is 5.13 Å². The van der Waals surface area contributed by atoms with Gasteiger partial charge in [0, 0.05) is 12.7 Å². The zero-order chi connectivity index (χ0) is 12.3. The van der Waals surface area contributed by atoms with Crippen molar-refractivity contribution in [3.8, 4) is 0 Å². The number of pyridine rings is 1. The zero-order valence-electron chi connectivity index (χ0n) is 8.74. The summed E-state index contributed by atoms with van der Waals surface area (Å²) in [5, 5.41) is 6.20. The van der Waals surface area contributed by atoms with Crippen LogP contribution >= 0.6 is 22.9 Å². The summed E-state index contributed by atoms with van der Waals surface area (Å²) in [7, 11) is 0. The van der Waals surface area contributed by atoms with Crippen molar-refractivity contribution < 1.29 is 4.79 Å². The molecule has 5 nitrogen and oxygen atoms in total. The van der Waals surface area contributed by atoms with E-state index in [4.69, 9.17) is 11.6 Å². The predicted octanol–water partition coefficient (Wildman–Crippen LogP) is 2.65. The SMILES string of the molecule is C=CCNC(=O)Nc1nc2cc(Cl)cnc2s1. The molecule has 2 aromatic heterocycles. The lowest BCUT2D eigenvalue weighted by Gasteiger charge is -2.00. The molecule has 0 spiro atoms. The molecular formula is C10H9ClN4OS. The first kappa shape index (κ1) is 11.8. The van der Waals surface area contributed by atoms with Crippen molar-refractivity contribution in [2.24, 2.45) is 0 Å². The number of carbonyl (C=O) groups excluding carboxylic acids is 1. The zero-order valence-corrected chi connectivity index (χ0v) is 10.3. The molecule has 7 heteroatoms. The molecule has 2 N–H and O–H groups in total. The van der Waals surface area contributed by atoms with E-state index in [1.165, 1.54) is 11.3 Å². The van der Waals surface area contributed by atoms with Crippen molar-refractivity contribution >= 4 is 44.4 Å². The van der Waals surface area contributed by atoms with Gasteiger partial charge in [-0.2, -0.15) is 0 Å². The molecule has 0 aromatic carbocycles. The van der Waals surface area contributed by atoms with Crippen LogP contribution in [0, 0.1) is 0 Å². The van der Waals surface area contributed by atoms with Gasteiger partial charge < -0.3 is 5.32 Å². The second-order valence-corrected chi connectivity index (χ2v) is 4.53. The Hall–Kier alpha value is -1.66. The fourth-order valence-electron chi connectivity index (χ4n) is 1.16. The molecule has 0 saturated carbocycles. The summed E-state index contributed by atoms with van der Waals surface area (Å²) < 4.78 is 0. The predicted molar refractivity (Wildman–Crippen MR) is 69.6 cm³/mol. The van der Waals surface area contributed by atoms with Gasteiger partial charge in [-0.3, -0.25) is 5.32 Å². The number of anilines is 1. The molecule has 0 aliphatic carbocycles. The van der Waals surface area contributed by atoms with Crippen LogP contribution in [0.1, 0.15) is 0 Å². The number of amides is 2. The summed E-state index contributed by atoms with van der Waals surface area (Å²) in [6, 6.07) is 1.38. The largest absolute Gasteiger partial charge is 0.334 e. The van der Waals surface area contributed by atoms with Gasteiger partial charge in [-0.15, -0.1) is 6.58 Å². The molecule has 0 fully saturated rings. The number of urea groups is 1. The average molecular weight is 269 g/mol. The monoisotopic (exact) mass is 268 g/mol. The molecule has 2 rings (SSSR count). The minimum atomic E-state index is -0.324. The van der Waals surface area contributed by atoms with E-state index >= 15 is 0 Å². The van der Waals surface area contributed by atoms with E-state index in [2.05, 4.69) is 27.2 Å². The molecule has 2 amide bonds. The van der Waals surface area contributed by atoms with Gasteiger partial charge in [0.1, 0.15) is 10.3 Å². The molecule has 0 aliphatic heterocycles. The quantitative estimate of drug-likeness (QED) is 0.841. The first-order chi connectivity index (χ1) is 8.19. The summed E-state index contributed by atoms with van der Waals surface area (Å²) in [5.74, 6) is 0. The van der Waals surface area contributed by atoms with E-state index in [0.717, 1.165) is 4.83 Å². The maximum absolute atomic E-state index is 11.4. The first-order valence-corrected chi connectivity index (χ1v) is 5.96. The third kappa shape index (κ3) is 2.92. The van der Waals surface area contributed by atoms with Crippen molar-refractivity contribution in [3.05, 3.63) is 29.9 Å². The van der Waals surface area contributed by atoms with Crippen LogP contribution in [0.4, 0.5) is 9.93 Å². The number of nitrogens with one attached hydrogen (secondary N) is 2. The number of thiazole rings is 1. The van der Waals surface area contributed by atoms with Crippen LogP contribution < -0.4 is 10.6 Å². The van der Waals surface area contributed by atoms with E-state index in [0.29, 0.717) is 22.2 Å². The normalized spacial score (nSPS) is 10.2. The molecule has 0 radical (unpaired) electrons. The number of rotatable bonds is 3. The molecule has 2 heterocycles. The highest BCUT2D eigenvalue weighted by Crippen LogP contribution is 2.25. The van der Waals surface area contributed by atoms with E-state index in [1.807, 2.05) is 0 Å². The van der Waals surface area contributed by atoms with Crippen LogP contribution in [-0.4, -0.2) is 22.5 Å². The molecule has 88 valence electrons. The standard InChI is InChI=1S/C10H9ClN4OS/c1-2-3-12-9(16)15-10-14-7-4-6(11)5-13-8(7)17-10/h2,4-5H,1,3H2,(H2,12,14,15,16). The Morgan fingerprint density at radius 3 is 3.24 bits per heavy atom. The van der Waals surface area contributed by atoms with Crippen molar-refractivity contribution in [3.63, 3.8) is 0 Å². The molecule has 0 aliphatic rings. The number of aromatic nitrogens is 2. The smallest absolute Gasteiger partial charge is 0.321 e. The molecule has 0 unspecified atom stereocenters. The maximum atomic E-state index is 11.4. The van der Waals surface area contributed by atoms with Crippen LogP contribution in [0.25, 0.3) is 10.3 Å². The van der Waals surface area contributed by atoms with Gasteiger partial charge >= 0.3 is 6.03 Å². The number of halogens is 1. The van der Waals surface area contributed by atoms with Crippen molar-refractivity contribution in [1.82, 2.24) is 15.3 Å². The number of hydrogen-bond donors (Lipinski definition) is 2. The van der Waals surface area contributed by atoms with Crippen molar-refractivity contribution in [2.75, 3.05) is 11.9 Å². The van der Waals surface area contributed by atoms with Crippen LogP contribution in [0.3, 0.4) is 0 Å². The van der Waals surface area contributed by atoms with Crippen LogP contribution in [0.15, 0.2) is 24.9 Å². The first-order valence-electron chi connectivity index (χ1n) is 4.77. The molecule has 17 heavy (non-hydrogen) atoms. The van der Waals surface area contributed by atoms with Crippen LogP contribution in [0.2, 0.25) is 5.02 Å². The molecule has 0 bridgehead atoms. The van der Waals surface area contributed by atoms with Gasteiger partial charge in [0.05, 0.1) is 5.02 Å². The van der Waals surface area contributed by atoms with Gasteiger partial charge in [0.2, 0.25) is 0 Å². The minimum Gasteiger partial charge on any atom is -0.334 e. The van der Waals surface area contributed by atoms with E-state index < -0.39 is 0 Å². The highest BCUT2D eigenvalue weighted by molar-refractivity contribution is 7.21. The molecule has 2 aromatic rings.